The van der Waals surface area contributed by atoms with Crippen LogP contribution in [-0.2, 0) is 10.2 Å². The molecule has 3 heteroatoms. The third-order valence-electron chi connectivity index (χ3n) is 4.97. The van der Waals surface area contributed by atoms with E-state index in [9.17, 15) is 5.11 Å². The maximum absolute atomic E-state index is 10.5. The van der Waals surface area contributed by atoms with E-state index in [4.69, 9.17) is 9.47 Å². The zero-order valence-corrected chi connectivity index (χ0v) is 12.6. The largest absolute Gasteiger partial charge is 0.492 e. The van der Waals surface area contributed by atoms with Crippen molar-refractivity contribution in [2.75, 3.05) is 13.7 Å². The van der Waals surface area contributed by atoms with Gasteiger partial charge in [0.05, 0.1) is 18.3 Å². The molecule has 1 saturated carbocycles. The Balaban J connectivity index is 1.81. The molecule has 2 aliphatic rings. The van der Waals surface area contributed by atoms with Crippen LogP contribution in [-0.4, -0.2) is 24.4 Å². The lowest BCUT2D eigenvalue weighted by Crippen LogP contribution is -2.40. The van der Waals surface area contributed by atoms with E-state index < -0.39 is 6.10 Å². The van der Waals surface area contributed by atoms with Crippen molar-refractivity contribution in [2.24, 2.45) is 0 Å². The van der Waals surface area contributed by atoms with Gasteiger partial charge in [0.15, 0.2) is 0 Å². The molecule has 1 unspecified atom stereocenters. The number of benzene rings is 1. The highest BCUT2D eigenvalue weighted by atomic mass is 16.5. The van der Waals surface area contributed by atoms with Crippen molar-refractivity contribution in [2.45, 2.75) is 56.7 Å². The van der Waals surface area contributed by atoms with Crippen LogP contribution in [0.5, 0.6) is 5.75 Å². The summed E-state index contributed by atoms with van der Waals surface area (Å²) < 4.78 is 11.3. The summed E-state index contributed by atoms with van der Waals surface area (Å²) in [4.78, 5) is 0. The summed E-state index contributed by atoms with van der Waals surface area (Å²) in [6.45, 7) is 5.07. The van der Waals surface area contributed by atoms with Crippen LogP contribution in [0.2, 0.25) is 0 Å². The Labute approximate surface area is 120 Å². The lowest BCUT2D eigenvalue weighted by molar-refractivity contribution is -0.0999. The summed E-state index contributed by atoms with van der Waals surface area (Å²) in [5.41, 5.74) is 2.10. The smallest absolute Gasteiger partial charge is 0.123 e. The Bertz CT molecular complexity index is 497. The van der Waals surface area contributed by atoms with Crippen LogP contribution in [0.4, 0.5) is 0 Å². The first-order chi connectivity index (χ1) is 9.46. The molecular formula is C17H24O3. The molecule has 1 heterocycles. The average Bonchev–Trinajstić information content (AvgIpc) is 2.69. The highest BCUT2D eigenvalue weighted by Gasteiger charge is 2.39. The summed E-state index contributed by atoms with van der Waals surface area (Å²) in [5.74, 6) is 0.955. The van der Waals surface area contributed by atoms with Crippen molar-refractivity contribution in [3.63, 3.8) is 0 Å². The van der Waals surface area contributed by atoms with Crippen molar-refractivity contribution in [3.8, 4) is 5.75 Å². The molecule has 1 atom stereocenters. The average molecular weight is 276 g/mol. The van der Waals surface area contributed by atoms with Gasteiger partial charge in [0, 0.05) is 24.5 Å². The topological polar surface area (TPSA) is 38.7 Å². The quantitative estimate of drug-likeness (QED) is 0.916. The molecule has 20 heavy (non-hydrogen) atoms. The second kappa shape index (κ2) is 4.74. The molecular weight excluding hydrogens is 252 g/mol. The summed E-state index contributed by atoms with van der Waals surface area (Å²) in [7, 11) is 1.76. The van der Waals surface area contributed by atoms with Crippen LogP contribution in [0.25, 0.3) is 0 Å². The van der Waals surface area contributed by atoms with Gasteiger partial charge in [0.2, 0.25) is 0 Å². The fraction of sp³-hybridized carbons (Fsp3) is 0.647. The Morgan fingerprint density at radius 2 is 2.10 bits per heavy atom. The number of aliphatic hydroxyl groups excluding tert-OH is 1. The standard InChI is InChI=1S/C17H24O3/c1-16(2)11-20-15-6-5-12(9-13(15)16)14(18)10-17(19-3)7-4-8-17/h5-6,9,14,18H,4,7-8,10-11H2,1-3H3. The fourth-order valence-corrected chi connectivity index (χ4v) is 3.28. The minimum Gasteiger partial charge on any atom is -0.492 e. The molecule has 0 saturated heterocycles. The Morgan fingerprint density at radius 3 is 2.70 bits per heavy atom. The summed E-state index contributed by atoms with van der Waals surface area (Å²) in [6, 6.07) is 6.07. The van der Waals surface area contributed by atoms with Crippen LogP contribution in [0.1, 0.15) is 56.8 Å². The predicted molar refractivity (Wildman–Crippen MR) is 78.1 cm³/mol. The molecule has 0 amide bonds. The van der Waals surface area contributed by atoms with Crippen LogP contribution in [0, 0.1) is 0 Å². The van der Waals surface area contributed by atoms with Gasteiger partial charge in [-0.15, -0.1) is 0 Å². The SMILES string of the molecule is COC1(CC(O)c2ccc3c(c2)C(C)(C)CO3)CCC1. The van der Waals surface area contributed by atoms with Crippen LogP contribution < -0.4 is 4.74 Å². The number of rotatable bonds is 4. The summed E-state index contributed by atoms with van der Waals surface area (Å²) in [5, 5.41) is 10.5. The number of methoxy groups -OCH3 is 1. The maximum atomic E-state index is 10.5. The lowest BCUT2D eigenvalue weighted by atomic mass is 9.75. The first-order valence-corrected chi connectivity index (χ1v) is 7.46. The zero-order valence-electron chi connectivity index (χ0n) is 12.6. The van der Waals surface area contributed by atoms with Gasteiger partial charge in [0.1, 0.15) is 5.75 Å². The van der Waals surface area contributed by atoms with E-state index in [1.165, 1.54) is 12.0 Å². The van der Waals surface area contributed by atoms with E-state index in [-0.39, 0.29) is 11.0 Å². The van der Waals surface area contributed by atoms with Crippen LogP contribution in [0.15, 0.2) is 18.2 Å². The molecule has 3 rings (SSSR count). The minimum absolute atomic E-state index is 0.0283. The van der Waals surface area contributed by atoms with E-state index in [1.807, 2.05) is 12.1 Å². The fourth-order valence-electron chi connectivity index (χ4n) is 3.28. The van der Waals surface area contributed by atoms with Crippen molar-refractivity contribution < 1.29 is 14.6 Å². The third-order valence-corrected chi connectivity index (χ3v) is 4.97. The molecule has 1 N–H and O–H groups in total. The zero-order chi connectivity index (χ0) is 14.4. The van der Waals surface area contributed by atoms with E-state index in [0.29, 0.717) is 13.0 Å². The summed E-state index contributed by atoms with van der Waals surface area (Å²) in [6.07, 6.45) is 3.53. The molecule has 1 aromatic rings. The first-order valence-electron chi connectivity index (χ1n) is 7.46. The second-order valence-electron chi connectivity index (χ2n) is 6.89. The van der Waals surface area contributed by atoms with Gasteiger partial charge in [-0.25, -0.2) is 0 Å². The monoisotopic (exact) mass is 276 g/mol. The van der Waals surface area contributed by atoms with Gasteiger partial charge in [0.25, 0.3) is 0 Å². The van der Waals surface area contributed by atoms with Crippen LogP contribution in [0.3, 0.4) is 0 Å². The normalized spacial score (nSPS) is 23.6. The van der Waals surface area contributed by atoms with E-state index in [1.54, 1.807) is 7.11 Å². The lowest BCUT2D eigenvalue weighted by Gasteiger charge is -2.42. The van der Waals surface area contributed by atoms with Crippen molar-refractivity contribution >= 4 is 0 Å². The molecule has 1 aromatic carbocycles. The highest BCUT2D eigenvalue weighted by molar-refractivity contribution is 5.45. The number of hydrogen-bond acceptors (Lipinski definition) is 3. The third kappa shape index (κ3) is 2.23. The van der Waals surface area contributed by atoms with Crippen molar-refractivity contribution in [1.82, 2.24) is 0 Å². The van der Waals surface area contributed by atoms with Crippen molar-refractivity contribution in [3.05, 3.63) is 29.3 Å². The molecule has 1 aliphatic carbocycles. The molecule has 0 radical (unpaired) electrons. The predicted octanol–water partition coefficient (Wildman–Crippen LogP) is 3.35. The molecule has 3 nitrogen and oxygen atoms in total. The van der Waals surface area contributed by atoms with Gasteiger partial charge in [-0.3, -0.25) is 0 Å². The van der Waals surface area contributed by atoms with Gasteiger partial charge < -0.3 is 14.6 Å². The maximum Gasteiger partial charge on any atom is 0.123 e. The van der Waals surface area contributed by atoms with E-state index in [0.717, 1.165) is 24.2 Å². The Kier molecular flexibility index (Phi) is 3.30. The van der Waals surface area contributed by atoms with Gasteiger partial charge in [-0.05, 0) is 37.0 Å². The number of fused-ring (bicyclic) bond motifs is 1. The number of ether oxygens (including phenoxy) is 2. The molecule has 1 fully saturated rings. The van der Waals surface area contributed by atoms with E-state index >= 15 is 0 Å². The molecule has 0 bridgehead atoms. The van der Waals surface area contributed by atoms with Crippen LogP contribution >= 0.6 is 0 Å². The highest BCUT2D eigenvalue weighted by Crippen LogP contribution is 2.44. The molecule has 110 valence electrons. The molecule has 1 aliphatic heterocycles. The number of aliphatic hydroxyl groups is 1. The minimum atomic E-state index is -0.461. The molecule has 0 aromatic heterocycles. The van der Waals surface area contributed by atoms with Gasteiger partial charge >= 0.3 is 0 Å². The Morgan fingerprint density at radius 1 is 1.35 bits per heavy atom. The van der Waals surface area contributed by atoms with Gasteiger partial charge in [-0.2, -0.15) is 0 Å². The van der Waals surface area contributed by atoms with Crippen molar-refractivity contribution in [1.29, 1.82) is 0 Å². The number of hydrogen-bond donors (Lipinski definition) is 1. The summed E-state index contributed by atoms with van der Waals surface area (Å²) >= 11 is 0. The second-order valence-corrected chi connectivity index (χ2v) is 6.89. The Hall–Kier alpha value is -1.06. The first kappa shape index (κ1) is 13.9. The van der Waals surface area contributed by atoms with E-state index in [2.05, 4.69) is 19.9 Å². The van der Waals surface area contributed by atoms with Gasteiger partial charge in [-0.1, -0.05) is 19.9 Å². The molecule has 0 spiro atoms.